The molecule has 2 nitrogen and oxygen atoms in total. The molecule has 2 aromatic rings. The van der Waals surface area contributed by atoms with Crippen molar-refractivity contribution in [3.05, 3.63) is 77.0 Å². The van der Waals surface area contributed by atoms with E-state index in [4.69, 9.17) is 11.6 Å². The zero-order valence-electron chi connectivity index (χ0n) is 10.3. The first kappa shape index (κ1) is 12.0. The van der Waals surface area contributed by atoms with Crippen LogP contribution in [0, 0.1) is 0 Å². The molecule has 1 heterocycles. The Labute approximate surface area is 116 Å². The van der Waals surface area contributed by atoms with Gasteiger partial charge in [-0.15, -0.1) is 0 Å². The molecule has 0 atom stereocenters. The number of para-hydroxylation sites is 1. The molecule has 1 aliphatic heterocycles. The maximum Gasteiger partial charge on any atom is 0.195 e. The Morgan fingerprint density at radius 3 is 2.74 bits per heavy atom. The van der Waals surface area contributed by atoms with Crippen molar-refractivity contribution in [1.82, 2.24) is 0 Å². The molecular formula is C16H12ClNO. The van der Waals surface area contributed by atoms with Crippen LogP contribution in [0.15, 0.2) is 55.2 Å². The normalized spacial score (nSPS) is 13.5. The van der Waals surface area contributed by atoms with Crippen molar-refractivity contribution in [2.24, 2.45) is 0 Å². The van der Waals surface area contributed by atoms with Gasteiger partial charge in [0.1, 0.15) is 0 Å². The number of carbonyl (C=O) groups excluding carboxylic acids is 1. The zero-order valence-corrected chi connectivity index (χ0v) is 11.0. The van der Waals surface area contributed by atoms with Crippen molar-refractivity contribution in [1.29, 1.82) is 0 Å². The monoisotopic (exact) mass is 269 g/mol. The third kappa shape index (κ3) is 1.94. The lowest BCUT2D eigenvalue weighted by Crippen LogP contribution is -2.14. The van der Waals surface area contributed by atoms with Gasteiger partial charge < -0.3 is 4.90 Å². The van der Waals surface area contributed by atoms with Gasteiger partial charge in [-0.1, -0.05) is 36.4 Å². The van der Waals surface area contributed by atoms with Crippen LogP contribution in [0.4, 0.5) is 5.69 Å². The minimum absolute atomic E-state index is 0.0115. The number of anilines is 1. The average molecular weight is 270 g/mol. The standard InChI is InChI=1S/C16H12ClNO/c1-2-18-10-11-7-8-12(17)9-14(11)16(19)13-5-3-4-6-15(13)18/h2-9H,1,10H2. The molecule has 0 aliphatic carbocycles. The molecule has 0 spiro atoms. The number of benzene rings is 2. The van der Waals surface area contributed by atoms with Crippen LogP contribution in [0.5, 0.6) is 0 Å². The first-order chi connectivity index (χ1) is 9.20. The van der Waals surface area contributed by atoms with Crippen LogP contribution in [-0.4, -0.2) is 5.78 Å². The van der Waals surface area contributed by atoms with Gasteiger partial charge in [0.15, 0.2) is 5.78 Å². The van der Waals surface area contributed by atoms with Crippen molar-refractivity contribution in [2.75, 3.05) is 4.90 Å². The molecule has 94 valence electrons. The lowest BCUT2D eigenvalue weighted by Gasteiger charge is -2.19. The second kappa shape index (κ2) is 4.56. The molecule has 0 saturated heterocycles. The summed E-state index contributed by atoms with van der Waals surface area (Å²) in [5.41, 5.74) is 3.20. The highest BCUT2D eigenvalue weighted by atomic mass is 35.5. The van der Waals surface area contributed by atoms with Gasteiger partial charge in [-0.05, 0) is 36.0 Å². The molecule has 0 amide bonds. The van der Waals surface area contributed by atoms with Crippen LogP contribution in [0.25, 0.3) is 0 Å². The molecule has 2 aromatic carbocycles. The largest absolute Gasteiger partial charge is 0.344 e. The summed E-state index contributed by atoms with van der Waals surface area (Å²) < 4.78 is 0. The smallest absolute Gasteiger partial charge is 0.195 e. The minimum Gasteiger partial charge on any atom is -0.344 e. The van der Waals surface area contributed by atoms with Gasteiger partial charge in [0.25, 0.3) is 0 Å². The summed E-state index contributed by atoms with van der Waals surface area (Å²) in [6, 6.07) is 13.0. The van der Waals surface area contributed by atoms with Crippen molar-refractivity contribution in [2.45, 2.75) is 6.54 Å². The van der Waals surface area contributed by atoms with E-state index in [2.05, 4.69) is 6.58 Å². The van der Waals surface area contributed by atoms with Crippen LogP contribution >= 0.6 is 11.6 Å². The summed E-state index contributed by atoms with van der Waals surface area (Å²) in [6.45, 7) is 4.45. The Bertz CT molecular complexity index is 678. The zero-order chi connectivity index (χ0) is 13.4. The minimum atomic E-state index is 0.0115. The number of rotatable bonds is 1. The molecule has 0 saturated carbocycles. The number of fused-ring (bicyclic) bond motifs is 2. The first-order valence-electron chi connectivity index (χ1n) is 6.02. The van der Waals surface area contributed by atoms with E-state index >= 15 is 0 Å². The van der Waals surface area contributed by atoms with E-state index in [9.17, 15) is 4.79 Å². The Hall–Kier alpha value is -2.06. The molecule has 0 radical (unpaired) electrons. The van der Waals surface area contributed by atoms with Crippen LogP contribution < -0.4 is 4.90 Å². The fourth-order valence-electron chi connectivity index (χ4n) is 2.39. The Morgan fingerprint density at radius 1 is 1.16 bits per heavy atom. The SMILES string of the molecule is C=CN1Cc2ccc(Cl)cc2C(=O)c2ccccc21. The van der Waals surface area contributed by atoms with Crippen LogP contribution in [0.2, 0.25) is 5.02 Å². The Morgan fingerprint density at radius 2 is 1.95 bits per heavy atom. The topological polar surface area (TPSA) is 20.3 Å². The summed E-state index contributed by atoms with van der Waals surface area (Å²) in [6.07, 6.45) is 1.75. The lowest BCUT2D eigenvalue weighted by atomic mass is 9.99. The highest BCUT2D eigenvalue weighted by Crippen LogP contribution is 2.31. The summed E-state index contributed by atoms with van der Waals surface area (Å²) in [5.74, 6) is 0.0115. The summed E-state index contributed by atoms with van der Waals surface area (Å²) >= 11 is 6.01. The van der Waals surface area contributed by atoms with Gasteiger partial charge in [0.2, 0.25) is 0 Å². The highest BCUT2D eigenvalue weighted by Gasteiger charge is 2.24. The molecule has 0 N–H and O–H groups in total. The van der Waals surface area contributed by atoms with E-state index in [0.717, 1.165) is 11.3 Å². The third-order valence-electron chi connectivity index (χ3n) is 3.34. The van der Waals surface area contributed by atoms with E-state index in [1.54, 1.807) is 12.3 Å². The van der Waals surface area contributed by atoms with Crippen molar-refractivity contribution in [3.63, 3.8) is 0 Å². The predicted molar refractivity (Wildman–Crippen MR) is 77.7 cm³/mol. The van der Waals surface area contributed by atoms with Crippen molar-refractivity contribution in [3.8, 4) is 0 Å². The highest BCUT2D eigenvalue weighted by molar-refractivity contribution is 6.31. The lowest BCUT2D eigenvalue weighted by molar-refractivity contribution is 0.103. The number of halogens is 1. The average Bonchev–Trinajstić information content (AvgIpc) is 2.55. The van der Waals surface area contributed by atoms with Crippen LogP contribution in [0.3, 0.4) is 0 Å². The molecule has 19 heavy (non-hydrogen) atoms. The fraction of sp³-hybridized carbons (Fsp3) is 0.0625. The molecule has 3 heteroatoms. The number of carbonyl (C=O) groups is 1. The third-order valence-corrected chi connectivity index (χ3v) is 3.57. The molecule has 3 rings (SSSR count). The van der Waals surface area contributed by atoms with E-state index in [1.165, 1.54) is 0 Å². The molecule has 0 fully saturated rings. The number of ketones is 1. The summed E-state index contributed by atoms with van der Waals surface area (Å²) in [5, 5.41) is 0.580. The predicted octanol–water partition coefficient (Wildman–Crippen LogP) is 4.03. The van der Waals surface area contributed by atoms with E-state index in [-0.39, 0.29) is 5.78 Å². The number of hydrogen-bond donors (Lipinski definition) is 0. The van der Waals surface area contributed by atoms with Crippen LogP contribution in [0.1, 0.15) is 21.5 Å². The Balaban J connectivity index is 2.27. The summed E-state index contributed by atoms with van der Waals surface area (Å²) in [7, 11) is 0. The van der Waals surface area contributed by atoms with Crippen molar-refractivity contribution >= 4 is 23.1 Å². The van der Waals surface area contributed by atoms with Gasteiger partial charge in [0.05, 0.1) is 5.69 Å². The maximum atomic E-state index is 12.6. The second-order valence-corrected chi connectivity index (χ2v) is 4.89. The van der Waals surface area contributed by atoms with Crippen molar-refractivity contribution < 1.29 is 4.79 Å². The van der Waals surface area contributed by atoms with Gasteiger partial charge in [-0.25, -0.2) is 0 Å². The maximum absolute atomic E-state index is 12.6. The van der Waals surface area contributed by atoms with E-state index in [0.29, 0.717) is 22.7 Å². The quantitative estimate of drug-likeness (QED) is 0.779. The summed E-state index contributed by atoms with van der Waals surface area (Å²) in [4.78, 5) is 14.6. The van der Waals surface area contributed by atoms with Gasteiger partial charge in [-0.3, -0.25) is 4.79 Å². The van der Waals surface area contributed by atoms with Crippen LogP contribution in [-0.2, 0) is 6.54 Å². The van der Waals surface area contributed by atoms with Gasteiger partial charge >= 0.3 is 0 Å². The Kier molecular flexibility index (Phi) is 2.88. The molecular weight excluding hydrogens is 258 g/mol. The van der Waals surface area contributed by atoms with Gasteiger partial charge in [-0.2, -0.15) is 0 Å². The fourth-order valence-corrected chi connectivity index (χ4v) is 2.56. The molecule has 0 unspecified atom stereocenters. The number of hydrogen-bond acceptors (Lipinski definition) is 2. The first-order valence-corrected chi connectivity index (χ1v) is 6.40. The van der Waals surface area contributed by atoms with E-state index in [1.807, 2.05) is 41.3 Å². The van der Waals surface area contributed by atoms with Gasteiger partial charge in [0, 0.05) is 22.7 Å². The molecule has 0 bridgehead atoms. The van der Waals surface area contributed by atoms with E-state index < -0.39 is 0 Å². The molecule has 0 aromatic heterocycles. The second-order valence-electron chi connectivity index (χ2n) is 4.46. The molecule has 1 aliphatic rings. The number of nitrogens with zero attached hydrogens (tertiary/aromatic N) is 1.